The Bertz CT molecular complexity index is 1020. The third-order valence-corrected chi connectivity index (χ3v) is 8.14. The SMILES string of the molecule is O=C(NCc1csc([C@@H]2CCCN(S(=O)(=O)c3cc(F)ccc3F)C2)n1)C1CC1. The fraction of sp³-hybridized carbons (Fsp3) is 0.474. The van der Waals surface area contributed by atoms with E-state index in [0.29, 0.717) is 13.0 Å². The van der Waals surface area contributed by atoms with E-state index in [9.17, 15) is 22.0 Å². The number of sulfonamides is 1. The van der Waals surface area contributed by atoms with Crippen LogP contribution in [0.5, 0.6) is 0 Å². The van der Waals surface area contributed by atoms with E-state index >= 15 is 0 Å². The van der Waals surface area contributed by atoms with Gasteiger partial charge in [-0.2, -0.15) is 4.31 Å². The van der Waals surface area contributed by atoms with Crippen LogP contribution in [0.1, 0.15) is 42.3 Å². The minimum absolute atomic E-state index is 0.0478. The molecule has 2 aromatic rings. The zero-order chi connectivity index (χ0) is 20.6. The smallest absolute Gasteiger partial charge is 0.246 e. The molecule has 2 aliphatic rings. The maximum atomic E-state index is 14.0. The maximum absolute atomic E-state index is 14.0. The minimum Gasteiger partial charge on any atom is -0.350 e. The summed E-state index contributed by atoms with van der Waals surface area (Å²) in [6.45, 7) is 0.777. The zero-order valence-electron chi connectivity index (χ0n) is 15.6. The van der Waals surface area contributed by atoms with E-state index in [4.69, 9.17) is 0 Å². The van der Waals surface area contributed by atoms with E-state index in [1.54, 1.807) is 0 Å². The summed E-state index contributed by atoms with van der Waals surface area (Å²) in [5, 5.41) is 5.52. The van der Waals surface area contributed by atoms with Crippen molar-refractivity contribution in [2.24, 2.45) is 5.92 Å². The summed E-state index contributed by atoms with van der Waals surface area (Å²) in [5.41, 5.74) is 0.746. The van der Waals surface area contributed by atoms with Gasteiger partial charge in [0.05, 0.1) is 17.2 Å². The summed E-state index contributed by atoms with van der Waals surface area (Å²) in [4.78, 5) is 15.7. The highest BCUT2D eigenvalue weighted by molar-refractivity contribution is 7.89. The number of halogens is 2. The molecular formula is C19H21F2N3O3S2. The quantitative estimate of drug-likeness (QED) is 0.747. The molecule has 1 N–H and O–H groups in total. The molecule has 1 saturated carbocycles. The van der Waals surface area contributed by atoms with Crippen molar-refractivity contribution in [3.63, 3.8) is 0 Å². The van der Waals surface area contributed by atoms with Gasteiger partial charge in [-0.05, 0) is 43.9 Å². The van der Waals surface area contributed by atoms with Crippen LogP contribution < -0.4 is 5.32 Å². The molecular weight excluding hydrogens is 420 g/mol. The molecule has 0 bridgehead atoms. The van der Waals surface area contributed by atoms with Gasteiger partial charge in [0.2, 0.25) is 15.9 Å². The van der Waals surface area contributed by atoms with Gasteiger partial charge in [-0.15, -0.1) is 11.3 Å². The Balaban J connectivity index is 1.45. The number of benzene rings is 1. The van der Waals surface area contributed by atoms with Crippen LogP contribution in [0.25, 0.3) is 0 Å². The highest BCUT2D eigenvalue weighted by atomic mass is 32.2. The second-order valence-corrected chi connectivity index (χ2v) is 10.2. The molecule has 29 heavy (non-hydrogen) atoms. The maximum Gasteiger partial charge on any atom is 0.246 e. The van der Waals surface area contributed by atoms with Crippen LogP contribution in [0.2, 0.25) is 0 Å². The molecule has 2 fully saturated rings. The zero-order valence-corrected chi connectivity index (χ0v) is 17.2. The topological polar surface area (TPSA) is 79.4 Å². The van der Waals surface area contributed by atoms with Gasteiger partial charge in [-0.3, -0.25) is 4.79 Å². The standard InChI is InChI=1S/C19H21F2N3O3S2/c20-14-5-6-16(21)17(8-14)29(26,27)24-7-1-2-13(10-24)19-23-15(11-28-19)9-22-18(25)12-3-4-12/h5-6,8,11-13H,1-4,7,9-10H2,(H,22,25)/t13-/m1/s1. The highest BCUT2D eigenvalue weighted by Crippen LogP contribution is 2.33. The van der Waals surface area contributed by atoms with Crippen LogP contribution in [0.4, 0.5) is 8.78 Å². The van der Waals surface area contributed by atoms with E-state index in [1.807, 2.05) is 5.38 Å². The Morgan fingerprint density at radius 3 is 2.83 bits per heavy atom. The summed E-state index contributed by atoms with van der Waals surface area (Å²) >= 11 is 1.43. The second-order valence-electron chi connectivity index (χ2n) is 7.45. The van der Waals surface area contributed by atoms with E-state index in [0.717, 1.165) is 48.2 Å². The summed E-state index contributed by atoms with van der Waals surface area (Å²) in [6.07, 6.45) is 3.24. The summed E-state index contributed by atoms with van der Waals surface area (Å²) in [6, 6.07) is 2.44. The van der Waals surface area contributed by atoms with Crippen molar-refractivity contribution in [3.8, 4) is 0 Å². The molecule has 1 saturated heterocycles. The first-order valence-corrected chi connectivity index (χ1v) is 11.8. The fourth-order valence-electron chi connectivity index (χ4n) is 3.44. The van der Waals surface area contributed by atoms with Gasteiger partial charge in [0, 0.05) is 30.3 Å². The molecule has 1 amide bonds. The lowest BCUT2D eigenvalue weighted by Gasteiger charge is -2.31. The third-order valence-electron chi connectivity index (χ3n) is 5.21. The molecule has 1 aliphatic carbocycles. The molecule has 10 heteroatoms. The van der Waals surface area contributed by atoms with Gasteiger partial charge < -0.3 is 5.32 Å². The first-order chi connectivity index (χ1) is 13.8. The monoisotopic (exact) mass is 441 g/mol. The van der Waals surface area contributed by atoms with Crippen molar-refractivity contribution < 1.29 is 22.0 Å². The predicted molar refractivity (Wildman–Crippen MR) is 104 cm³/mol. The molecule has 0 spiro atoms. The number of rotatable bonds is 6. The largest absolute Gasteiger partial charge is 0.350 e. The first kappa shape index (κ1) is 20.4. The average molecular weight is 442 g/mol. The summed E-state index contributed by atoms with van der Waals surface area (Å²) in [7, 11) is -4.14. The Morgan fingerprint density at radius 1 is 1.28 bits per heavy atom. The number of thiazole rings is 1. The summed E-state index contributed by atoms with van der Waals surface area (Å²) < 4.78 is 54.4. The number of hydrogen-bond acceptors (Lipinski definition) is 5. The number of nitrogens with zero attached hydrogens (tertiary/aromatic N) is 2. The number of nitrogens with one attached hydrogen (secondary N) is 1. The van der Waals surface area contributed by atoms with Gasteiger partial charge in [0.1, 0.15) is 16.5 Å². The fourth-order valence-corrected chi connectivity index (χ4v) is 5.98. The molecule has 1 atom stereocenters. The molecule has 1 aromatic heterocycles. The van der Waals surface area contributed by atoms with Crippen LogP contribution in [0, 0.1) is 17.6 Å². The Labute approximate surface area is 172 Å². The molecule has 4 rings (SSSR count). The van der Waals surface area contributed by atoms with Crippen LogP contribution in [-0.4, -0.2) is 36.7 Å². The molecule has 0 radical (unpaired) electrons. The Hall–Kier alpha value is -1.91. The average Bonchev–Trinajstić information content (AvgIpc) is 3.46. The minimum atomic E-state index is -4.14. The molecule has 6 nitrogen and oxygen atoms in total. The van der Waals surface area contributed by atoms with E-state index in [2.05, 4.69) is 10.3 Å². The highest BCUT2D eigenvalue weighted by Gasteiger charge is 2.34. The van der Waals surface area contributed by atoms with Crippen molar-refractivity contribution in [1.82, 2.24) is 14.6 Å². The molecule has 1 aromatic carbocycles. The van der Waals surface area contributed by atoms with Gasteiger partial charge in [0.15, 0.2) is 0 Å². The van der Waals surface area contributed by atoms with Crippen LogP contribution >= 0.6 is 11.3 Å². The van der Waals surface area contributed by atoms with Gasteiger partial charge in [0.25, 0.3) is 0 Å². The van der Waals surface area contributed by atoms with Crippen molar-refractivity contribution in [2.45, 2.75) is 43.0 Å². The van der Waals surface area contributed by atoms with Crippen molar-refractivity contribution in [1.29, 1.82) is 0 Å². The van der Waals surface area contributed by atoms with Crippen molar-refractivity contribution in [2.75, 3.05) is 13.1 Å². The van der Waals surface area contributed by atoms with E-state index < -0.39 is 26.6 Å². The predicted octanol–water partition coefficient (Wildman–Crippen LogP) is 3.02. The molecule has 2 heterocycles. The summed E-state index contributed by atoms with van der Waals surface area (Å²) in [5.74, 6) is -1.69. The normalized spacial score (nSPS) is 20.6. The van der Waals surface area contributed by atoms with Crippen molar-refractivity contribution in [3.05, 3.63) is 45.9 Å². The van der Waals surface area contributed by atoms with Crippen LogP contribution in [-0.2, 0) is 21.4 Å². The number of hydrogen-bond donors (Lipinski definition) is 1. The lowest BCUT2D eigenvalue weighted by atomic mass is 10.0. The van der Waals surface area contributed by atoms with E-state index in [1.165, 1.54) is 15.6 Å². The van der Waals surface area contributed by atoms with Gasteiger partial charge in [-0.1, -0.05) is 0 Å². The molecule has 0 unspecified atom stereocenters. The number of amides is 1. The van der Waals surface area contributed by atoms with Crippen LogP contribution in [0.3, 0.4) is 0 Å². The number of aromatic nitrogens is 1. The molecule has 1 aliphatic heterocycles. The number of carbonyl (C=O) groups is 1. The number of carbonyl (C=O) groups excluding carboxylic acids is 1. The molecule has 156 valence electrons. The lowest BCUT2D eigenvalue weighted by molar-refractivity contribution is -0.122. The van der Waals surface area contributed by atoms with Gasteiger partial charge in [-0.25, -0.2) is 22.2 Å². The first-order valence-electron chi connectivity index (χ1n) is 9.52. The van der Waals surface area contributed by atoms with Gasteiger partial charge >= 0.3 is 0 Å². The van der Waals surface area contributed by atoms with E-state index in [-0.39, 0.29) is 30.8 Å². The van der Waals surface area contributed by atoms with Crippen LogP contribution in [0.15, 0.2) is 28.5 Å². The second kappa shape index (κ2) is 8.08. The Morgan fingerprint density at radius 2 is 2.07 bits per heavy atom. The number of piperidine rings is 1. The lowest BCUT2D eigenvalue weighted by Crippen LogP contribution is -2.39. The third kappa shape index (κ3) is 4.49. The Kier molecular flexibility index (Phi) is 5.67. The van der Waals surface area contributed by atoms with Crippen molar-refractivity contribution >= 4 is 27.3 Å².